The third kappa shape index (κ3) is 5.47. The topological polar surface area (TPSA) is 58.8 Å². The van der Waals surface area contributed by atoms with Crippen molar-refractivity contribution in [2.45, 2.75) is 45.3 Å². The molecule has 0 bridgehead atoms. The highest BCUT2D eigenvalue weighted by Gasteiger charge is 2.38. The first-order chi connectivity index (χ1) is 8.65. The molecule has 1 fully saturated rings. The second kappa shape index (κ2) is 6.20. The first kappa shape index (κ1) is 16.4. The van der Waals surface area contributed by atoms with Crippen molar-refractivity contribution in [3.8, 4) is 0 Å². The Labute approximate surface area is 117 Å². The Morgan fingerprint density at radius 1 is 1.26 bits per heavy atom. The summed E-state index contributed by atoms with van der Waals surface area (Å²) >= 11 is 0. The highest BCUT2D eigenvalue weighted by molar-refractivity contribution is 5.78. The molecule has 1 amide bonds. The summed E-state index contributed by atoms with van der Waals surface area (Å²) in [5, 5.41) is 0. The minimum absolute atomic E-state index is 0.155. The van der Waals surface area contributed by atoms with Crippen LogP contribution in [0.3, 0.4) is 0 Å². The molecule has 0 unspecified atom stereocenters. The fraction of sp³-hybridized carbons (Fsp3) is 0.929. The summed E-state index contributed by atoms with van der Waals surface area (Å²) in [6.45, 7) is 11.7. The molecule has 1 saturated heterocycles. The molecule has 19 heavy (non-hydrogen) atoms. The second-order valence-electron chi connectivity index (χ2n) is 6.72. The standard InChI is InChI=1S/C14H29N3O2/c1-13(2)10-17(11-14(3,4)19-13)9-12(18)16(5)8-6-7-15/h6-11,15H2,1-5H3. The molecule has 0 aromatic heterocycles. The predicted octanol–water partition coefficient (Wildman–Crippen LogP) is 0.683. The zero-order valence-electron chi connectivity index (χ0n) is 13.0. The van der Waals surface area contributed by atoms with Gasteiger partial charge >= 0.3 is 0 Å². The quantitative estimate of drug-likeness (QED) is 0.799. The molecule has 0 spiro atoms. The molecule has 1 rings (SSSR count). The molecule has 0 atom stereocenters. The van der Waals surface area contributed by atoms with Gasteiger partial charge in [-0.1, -0.05) is 0 Å². The molecule has 0 saturated carbocycles. The maximum absolute atomic E-state index is 12.1. The summed E-state index contributed by atoms with van der Waals surface area (Å²) in [5.74, 6) is 0.155. The summed E-state index contributed by atoms with van der Waals surface area (Å²) in [6.07, 6.45) is 0.850. The molecule has 0 aromatic rings. The van der Waals surface area contributed by atoms with Gasteiger partial charge in [-0.3, -0.25) is 9.69 Å². The molecule has 1 heterocycles. The molecular formula is C14H29N3O2. The van der Waals surface area contributed by atoms with E-state index in [1.807, 2.05) is 7.05 Å². The van der Waals surface area contributed by atoms with Gasteiger partial charge in [0.1, 0.15) is 0 Å². The Bertz CT molecular complexity index is 300. The smallest absolute Gasteiger partial charge is 0.236 e. The average Bonchev–Trinajstić information content (AvgIpc) is 2.20. The van der Waals surface area contributed by atoms with Crippen LogP contribution in [0.5, 0.6) is 0 Å². The summed E-state index contributed by atoms with van der Waals surface area (Å²) in [6, 6.07) is 0. The van der Waals surface area contributed by atoms with Crippen molar-refractivity contribution in [2.24, 2.45) is 5.73 Å². The van der Waals surface area contributed by atoms with Gasteiger partial charge in [0.25, 0.3) is 0 Å². The van der Waals surface area contributed by atoms with Gasteiger partial charge in [0.15, 0.2) is 0 Å². The minimum Gasteiger partial charge on any atom is -0.367 e. The fourth-order valence-electron chi connectivity index (χ4n) is 2.82. The van der Waals surface area contributed by atoms with Crippen LogP contribution in [0.1, 0.15) is 34.1 Å². The third-order valence-electron chi connectivity index (χ3n) is 3.24. The maximum Gasteiger partial charge on any atom is 0.236 e. The molecule has 112 valence electrons. The van der Waals surface area contributed by atoms with Crippen molar-refractivity contribution in [3.05, 3.63) is 0 Å². The zero-order valence-corrected chi connectivity index (χ0v) is 13.0. The Morgan fingerprint density at radius 2 is 1.79 bits per heavy atom. The molecule has 0 aliphatic carbocycles. The Balaban J connectivity index is 2.54. The summed E-state index contributed by atoms with van der Waals surface area (Å²) < 4.78 is 6.02. The largest absolute Gasteiger partial charge is 0.367 e. The van der Waals surface area contributed by atoms with Gasteiger partial charge in [0, 0.05) is 26.7 Å². The number of nitrogens with zero attached hydrogens (tertiary/aromatic N) is 2. The molecule has 2 N–H and O–H groups in total. The van der Waals surface area contributed by atoms with Gasteiger partial charge < -0.3 is 15.4 Å². The lowest BCUT2D eigenvalue weighted by atomic mass is 9.99. The maximum atomic E-state index is 12.1. The molecular weight excluding hydrogens is 242 g/mol. The van der Waals surface area contributed by atoms with E-state index in [1.54, 1.807) is 4.90 Å². The highest BCUT2D eigenvalue weighted by Crippen LogP contribution is 2.27. The van der Waals surface area contributed by atoms with Crippen LogP contribution in [0.4, 0.5) is 0 Å². The normalized spacial score (nSPS) is 22.2. The number of likely N-dealkylation sites (N-methyl/N-ethyl adjacent to an activating group) is 1. The molecule has 1 aliphatic rings. The van der Waals surface area contributed by atoms with E-state index in [0.29, 0.717) is 13.1 Å². The molecule has 0 aromatic carbocycles. The number of amides is 1. The van der Waals surface area contributed by atoms with Crippen LogP contribution in [-0.4, -0.2) is 66.7 Å². The summed E-state index contributed by atoms with van der Waals surface area (Å²) in [5.41, 5.74) is 5.05. The fourth-order valence-corrected chi connectivity index (χ4v) is 2.82. The average molecular weight is 271 g/mol. The van der Waals surface area contributed by atoms with Crippen molar-refractivity contribution < 1.29 is 9.53 Å². The molecule has 5 heteroatoms. The Hall–Kier alpha value is -0.650. The van der Waals surface area contributed by atoms with Crippen molar-refractivity contribution >= 4 is 5.91 Å². The van der Waals surface area contributed by atoms with E-state index in [1.165, 1.54) is 0 Å². The van der Waals surface area contributed by atoms with E-state index in [4.69, 9.17) is 10.5 Å². The number of hydrogen-bond acceptors (Lipinski definition) is 4. The van der Waals surface area contributed by atoms with Gasteiger partial charge in [-0.2, -0.15) is 0 Å². The number of nitrogens with two attached hydrogens (primary N) is 1. The number of morpholine rings is 1. The van der Waals surface area contributed by atoms with Crippen molar-refractivity contribution in [1.29, 1.82) is 0 Å². The van der Waals surface area contributed by atoms with Crippen LogP contribution >= 0.6 is 0 Å². The first-order valence-electron chi connectivity index (χ1n) is 7.02. The summed E-state index contributed by atoms with van der Waals surface area (Å²) in [7, 11) is 1.84. The third-order valence-corrected chi connectivity index (χ3v) is 3.24. The zero-order chi connectivity index (χ0) is 14.7. The SMILES string of the molecule is CN(CCCN)C(=O)CN1CC(C)(C)OC(C)(C)C1. The summed E-state index contributed by atoms with van der Waals surface area (Å²) in [4.78, 5) is 16.1. The lowest BCUT2D eigenvalue weighted by molar-refractivity contribution is -0.182. The number of rotatable bonds is 5. The Morgan fingerprint density at radius 3 is 2.26 bits per heavy atom. The first-order valence-corrected chi connectivity index (χ1v) is 7.02. The van der Waals surface area contributed by atoms with Crippen LogP contribution in [0.25, 0.3) is 0 Å². The molecule has 0 radical (unpaired) electrons. The van der Waals surface area contributed by atoms with E-state index in [0.717, 1.165) is 26.1 Å². The van der Waals surface area contributed by atoms with Gasteiger partial charge in [-0.25, -0.2) is 0 Å². The van der Waals surface area contributed by atoms with Crippen molar-refractivity contribution in [3.63, 3.8) is 0 Å². The van der Waals surface area contributed by atoms with Crippen molar-refractivity contribution in [2.75, 3.05) is 39.8 Å². The van der Waals surface area contributed by atoms with Crippen LogP contribution in [0.2, 0.25) is 0 Å². The van der Waals surface area contributed by atoms with Gasteiger partial charge in [-0.15, -0.1) is 0 Å². The van der Waals surface area contributed by atoms with Crippen LogP contribution in [0, 0.1) is 0 Å². The van der Waals surface area contributed by atoms with Gasteiger partial charge in [0.05, 0.1) is 17.7 Å². The predicted molar refractivity (Wildman–Crippen MR) is 77.0 cm³/mol. The van der Waals surface area contributed by atoms with Gasteiger partial charge in [0.2, 0.25) is 5.91 Å². The lowest BCUT2D eigenvalue weighted by Gasteiger charge is -2.47. The van der Waals surface area contributed by atoms with Crippen LogP contribution in [-0.2, 0) is 9.53 Å². The van der Waals surface area contributed by atoms with E-state index in [-0.39, 0.29) is 17.1 Å². The van der Waals surface area contributed by atoms with E-state index in [2.05, 4.69) is 32.6 Å². The number of ether oxygens (including phenoxy) is 1. The lowest BCUT2D eigenvalue weighted by Crippen LogP contribution is -2.58. The number of carbonyl (C=O) groups is 1. The number of hydrogen-bond donors (Lipinski definition) is 1. The van der Waals surface area contributed by atoms with E-state index < -0.39 is 0 Å². The minimum atomic E-state index is -0.210. The van der Waals surface area contributed by atoms with E-state index >= 15 is 0 Å². The second-order valence-corrected chi connectivity index (χ2v) is 6.72. The monoisotopic (exact) mass is 271 g/mol. The molecule has 5 nitrogen and oxygen atoms in total. The van der Waals surface area contributed by atoms with Crippen LogP contribution in [0.15, 0.2) is 0 Å². The molecule has 1 aliphatic heterocycles. The van der Waals surface area contributed by atoms with Gasteiger partial charge in [-0.05, 0) is 40.7 Å². The highest BCUT2D eigenvalue weighted by atomic mass is 16.5. The van der Waals surface area contributed by atoms with Crippen molar-refractivity contribution in [1.82, 2.24) is 9.80 Å². The Kier molecular flexibility index (Phi) is 5.35. The van der Waals surface area contributed by atoms with E-state index in [9.17, 15) is 4.79 Å². The van der Waals surface area contributed by atoms with Crippen LogP contribution < -0.4 is 5.73 Å². The number of carbonyl (C=O) groups excluding carboxylic acids is 1.